The van der Waals surface area contributed by atoms with Gasteiger partial charge in [-0.1, -0.05) is 59.2 Å². The third-order valence-electron chi connectivity index (χ3n) is 4.99. The van der Waals surface area contributed by atoms with Crippen LogP contribution in [0, 0.1) is 13.8 Å². The first-order chi connectivity index (χ1) is 15.9. The van der Waals surface area contributed by atoms with Crippen LogP contribution in [0.5, 0.6) is 0 Å². The van der Waals surface area contributed by atoms with Crippen molar-refractivity contribution < 1.29 is 18.6 Å². The van der Waals surface area contributed by atoms with Crippen LogP contribution < -0.4 is 5.56 Å². The number of hydrogen-bond acceptors (Lipinski definition) is 6. The standard InChI is InChI=1S/C9H16N2O.C8H14N2O2.C7H7ClO2S/c1-6-8(9(2,3)4)7(5-12)11-10-6;1-8(2,3)6-5(4-11)9-10-7(6)12;1-6-2-4-7(5-3-6)11(8,9)10/h12H,5H2,1-4H3,(H,10,11);11H,4H2,1-3H3,(H2,9,10,12);2-5H,1H3. The third-order valence-corrected chi connectivity index (χ3v) is 6.36. The number of rotatable bonds is 3. The fourth-order valence-electron chi connectivity index (χ4n) is 3.60. The molecule has 2 heterocycles. The minimum Gasteiger partial charge on any atom is -0.390 e. The lowest BCUT2D eigenvalue weighted by molar-refractivity contribution is 0.273. The number of aromatic nitrogens is 4. The molecule has 1 aromatic carbocycles. The normalized spacial score (nSPS) is 11.9. The van der Waals surface area contributed by atoms with Gasteiger partial charge in [0, 0.05) is 27.5 Å². The number of aliphatic hydroxyl groups is 2. The van der Waals surface area contributed by atoms with Crippen molar-refractivity contribution >= 4 is 19.7 Å². The van der Waals surface area contributed by atoms with Gasteiger partial charge in [0.15, 0.2) is 0 Å². The first-order valence-corrected chi connectivity index (χ1v) is 13.3. The highest BCUT2D eigenvalue weighted by Crippen LogP contribution is 2.27. The van der Waals surface area contributed by atoms with Crippen LogP contribution in [0.4, 0.5) is 0 Å². The smallest absolute Gasteiger partial charge is 0.267 e. The van der Waals surface area contributed by atoms with Gasteiger partial charge in [-0.15, -0.1) is 0 Å². The summed E-state index contributed by atoms with van der Waals surface area (Å²) < 4.78 is 21.4. The highest BCUT2D eigenvalue weighted by Gasteiger charge is 2.23. The quantitative estimate of drug-likeness (QED) is 0.325. The molecule has 196 valence electrons. The molecule has 3 rings (SSSR count). The number of halogens is 1. The third kappa shape index (κ3) is 8.96. The zero-order valence-corrected chi connectivity index (χ0v) is 23.1. The second kappa shape index (κ2) is 12.0. The van der Waals surface area contributed by atoms with Crippen molar-refractivity contribution in [3.8, 4) is 0 Å². The molecule has 0 bridgehead atoms. The number of hydrogen-bond donors (Lipinski definition) is 5. The Kier molecular flexibility index (Phi) is 10.5. The Morgan fingerprint density at radius 1 is 0.886 bits per heavy atom. The van der Waals surface area contributed by atoms with Crippen LogP contribution in [0.2, 0.25) is 0 Å². The summed E-state index contributed by atoms with van der Waals surface area (Å²) in [5, 5.41) is 29.9. The summed E-state index contributed by atoms with van der Waals surface area (Å²) in [4.78, 5) is 11.4. The summed E-state index contributed by atoms with van der Waals surface area (Å²) in [6.45, 7) is 15.9. The average molecular weight is 529 g/mol. The van der Waals surface area contributed by atoms with Crippen molar-refractivity contribution in [1.82, 2.24) is 20.4 Å². The highest BCUT2D eigenvalue weighted by molar-refractivity contribution is 8.13. The minimum atomic E-state index is -3.55. The molecule has 0 saturated heterocycles. The Balaban J connectivity index is 0.000000263. The molecular weight excluding hydrogens is 492 g/mol. The fourth-order valence-corrected chi connectivity index (χ4v) is 4.37. The molecule has 35 heavy (non-hydrogen) atoms. The van der Waals surface area contributed by atoms with Gasteiger partial charge in [0.25, 0.3) is 14.6 Å². The van der Waals surface area contributed by atoms with Gasteiger partial charge in [-0.2, -0.15) is 5.10 Å². The van der Waals surface area contributed by atoms with Gasteiger partial charge in [0.05, 0.1) is 29.5 Å². The van der Waals surface area contributed by atoms with E-state index in [1.807, 2.05) is 34.6 Å². The molecule has 0 aliphatic heterocycles. The molecule has 3 aromatic rings. The molecule has 0 atom stereocenters. The molecule has 0 radical (unpaired) electrons. The van der Waals surface area contributed by atoms with Crippen LogP contribution >= 0.6 is 10.7 Å². The molecule has 0 amide bonds. The van der Waals surface area contributed by atoms with Crippen LogP contribution in [0.25, 0.3) is 0 Å². The number of aryl methyl sites for hydroxylation is 2. The molecule has 0 saturated carbocycles. The van der Waals surface area contributed by atoms with Crippen LogP contribution in [-0.2, 0) is 33.1 Å². The van der Waals surface area contributed by atoms with Crippen LogP contribution in [0.15, 0.2) is 34.0 Å². The van der Waals surface area contributed by atoms with E-state index < -0.39 is 9.05 Å². The lowest BCUT2D eigenvalue weighted by Crippen LogP contribution is -2.22. The maximum Gasteiger partial charge on any atom is 0.267 e. The van der Waals surface area contributed by atoms with Gasteiger partial charge in [-0.25, -0.2) is 8.42 Å². The monoisotopic (exact) mass is 528 g/mol. The fraction of sp³-hybridized carbons (Fsp3) is 0.500. The van der Waals surface area contributed by atoms with Crippen molar-refractivity contribution in [2.24, 2.45) is 0 Å². The summed E-state index contributed by atoms with van der Waals surface area (Å²) in [6, 6.07) is 6.37. The molecule has 0 spiro atoms. The lowest BCUT2D eigenvalue weighted by atomic mass is 9.85. The van der Waals surface area contributed by atoms with Crippen molar-refractivity contribution in [3.05, 3.63) is 68.4 Å². The molecule has 0 aliphatic rings. The number of aromatic amines is 3. The molecular formula is C24H37ClN4O5S. The zero-order chi connectivity index (χ0) is 27.2. The number of nitrogens with one attached hydrogen (secondary N) is 3. The van der Waals surface area contributed by atoms with Gasteiger partial charge in [0.2, 0.25) is 0 Å². The summed E-state index contributed by atoms with van der Waals surface area (Å²) in [5.74, 6) is 0. The van der Waals surface area contributed by atoms with Gasteiger partial charge in [-0.05, 0) is 36.8 Å². The number of benzene rings is 1. The van der Waals surface area contributed by atoms with E-state index in [0.717, 1.165) is 22.5 Å². The van der Waals surface area contributed by atoms with Crippen LogP contribution in [0.3, 0.4) is 0 Å². The van der Waals surface area contributed by atoms with Gasteiger partial charge in [0.1, 0.15) is 0 Å². The Hall–Kier alpha value is -2.40. The van der Waals surface area contributed by atoms with Gasteiger partial charge in [-0.3, -0.25) is 20.1 Å². The zero-order valence-electron chi connectivity index (χ0n) is 21.6. The van der Waals surface area contributed by atoms with E-state index in [-0.39, 0.29) is 34.5 Å². The SMILES string of the molecule is CC(C)(C)c1c(CO)[nH][nH]c1=O.Cc1[nH]nc(CO)c1C(C)(C)C.Cc1ccc(S(=O)(=O)Cl)cc1. The van der Waals surface area contributed by atoms with Gasteiger partial charge < -0.3 is 10.2 Å². The molecule has 0 fully saturated rings. The summed E-state index contributed by atoms with van der Waals surface area (Å²) in [6.07, 6.45) is 0. The second-order valence-electron chi connectivity index (χ2n) is 10.2. The topological polar surface area (TPSA) is 152 Å². The predicted molar refractivity (Wildman–Crippen MR) is 138 cm³/mol. The van der Waals surface area contributed by atoms with E-state index in [1.165, 1.54) is 12.1 Å². The average Bonchev–Trinajstić information content (AvgIpc) is 3.30. The lowest BCUT2D eigenvalue weighted by Gasteiger charge is -2.19. The van der Waals surface area contributed by atoms with E-state index in [0.29, 0.717) is 11.3 Å². The second-order valence-corrected chi connectivity index (χ2v) is 12.7. The molecule has 11 heteroatoms. The molecule has 9 nitrogen and oxygen atoms in total. The summed E-state index contributed by atoms with van der Waals surface area (Å²) >= 11 is 0. The Bertz CT molecular complexity index is 1240. The van der Waals surface area contributed by atoms with Crippen molar-refractivity contribution in [3.63, 3.8) is 0 Å². The maximum atomic E-state index is 11.2. The minimum absolute atomic E-state index is 0.0109. The van der Waals surface area contributed by atoms with Crippen LogP contribution in [-0.4, -0.2) is 39.0 Å². The highest BCUT2D eigenvalue weighted by atomic mass is 35.7. The van der Waals surface area contributed by atoms with E-state index in [4.69, 9.17) is 20.9 Å². The van der Waals surface area contributed by atoms with Crippen molar-refractivity contribution in [2.75, 3.05) is 0 Å². The van der Waals surface area contributed by atoms with Gasteiger partial charge >= 0.3 is 0 Å². The number of H-pyrrole nitrogens is 3. The number of nitrogens with zero attached hydrogens (tertiary/aromatic N) is 1. The van der Waals surface area contributed by atoms with Crippen molar-refractivity contribution in [2.45, 2.75) is 84.3 Å². The van der Waals surface area contributed by atoms with Crippen LogP contribution in [0.1, 0.15) is 75.3 Å². The molecule has 2 aromatic heterocycles. The molecule has 0 aliphatic carbocycles. The first kappa shape index (κ1) is 30.6. The Morgan fingerprint density at radius 3 is 1.74 bits per heavy atom. The van der Waals surface area contributed by atoms with E-state index in [1.54, 1.807) is 12.1 Å². The Morgan fingerprint density at radius 2 is 1.40 bits per heavy atom. The van der Waals surface area contributed by atoms with E-state index >= 15 is 0 Å². The molecule has 0 unspecified atom stereocenters. The summed E-state index contributed by atoms with van der Waals surface area (Å²) in [7, 11) is 1.54. The predicted octanol–water partition coefficient (Wildman–Crippen LogP) is 3.92. The number of aliphatic hydroxyl groups excluding tert-OH is 2. The largest absolute Gasteiger partial charge is 0.390 e. The molecule has 5 N–H and O–H groups in total. The van der Waals surface area contributed by atoms with E-state index in [2.05, 4.69) is 41.2 Å². The van der Waals surface area contributed by atoms with E-state index in [9.17, 15) is 13.2 Å². The Labute approximate surface area is 211 Å². The first-order valence-electron chi connectivity index (χ1n) is 11.0. The van der Waals surface area contributed by atoms with Crippen molar-refractivity contribution in [1.29, 1.82) is 0 Å². The maximum absolute atomic E-state index is 11.2. The summed E-state index contributed by atoms with van der Waals surface area (Å²) in [5.41, 5.74) is 4.83.